The van der Waals surface area contributed by atoms with Gasteiger partial charge in [-0.25, -0.2) is 9.97 Å². The van der Waals surface area contributed by atoms with Gasteiger partial charge in [0.15, 0.2) is 0 Å². The Kier molecular flexibility index (Phi) is 4.99. The maximum absolute atomic E-state index is 6.28. The zero-order valence-corrected chi connectivity index (χ0v) is 13.3. The summed E-state index contributed by atoms with van der Waals surface area (Å²) in [4.78, 5) is 13.5. The number of thiophene rings is 1. The number of aryl methyl sites for hydroxylation is 1. The molecule has 0 radical (unpaired) electrons. The SMILES string of the molecule is CCCCN(C)c1nc(Cl)c2cc(CCC)sc2n1. The standard InChI is InChI=1S/C14H20ClN3S/c1-4-6-8-18(3)14-16-12(15)11-9-10(7-5-2)19-13(11)17-14/h9H,4-8H2,1-3H3. The van der Waals surface area contributed by atoms with Gasteiger partial charge in [0, 0.05) is 23.9 Å². The second-order valence-electron chi connectivity index (χ2n) is 4.77. The van der Waals surface area contributed by atoms with E-state index in [0.29, 0.717) is 5.15 Å². The van der Waals surface area contributed by atoms with Crippen LogP contribution in [0, 0.1) is 0 Å². The largest absolute Gasteiger partial charge is 0.344 e. The highest BCUT2D eigenvalue weighted by Gasteiger charge is 2.12. The molecule has 0 bridgehead atoms. The van der Waals surface area contributed by atoms with E-state index >= 15 is 0 Å². The summed E-state index contributed by atoms with van der Waals surface area (Å²) in [6.45, 7) is 5.33. The normalized spacial score (nSPS) is 11.2. The minimum atomic E-state index is 0.571. The van der Waals surface area contributed by atoms with Crippen LogP contribution in [0.5, 0.6) is 0 Å². The summed E-state index contributed by atoms with van der Waals surface area (Å²) < 4.78 is 0. The maximum Gasteiger partial charge on any atom is 0.227 e. The van der Waals surface area contributed by atoms with Gasteiger partial charge in [0.05, 0.1) is 0 Å². The predicted octanol–water partition coefficient (Wildman–Crippen LogP) is 4.53. The van der Waals surface area contributed by atoms with Gasteiger partial charge in [0.25, 0.3) is 0 Å². The number of unbranched alkanes of at least 4 members (excludes halogenated alkanes) is 1. The van der Waals surface area contributed by atoms with E-state index in [1.54, 1.807) is 11.3 Å². The Hall–Kier alpha value is -0.870. The second kappa shape index (κ2) is 6.53. The van der Waals surface area contributed by atoms with Crippen molar-refractivity contribution in [3.63, 3.8) is 0 Å². The summed E-state index contributed by atoms with van der Waals surface area (Å²) in [6, 6.07) is 2.13. The van der Waals surface area contributed by atoms with E-state index in [1.165, 1.54) is 11.3 Å². The van der Waals surface area contributed by atoms with Crippen LogP contribution in [-0.2, 0) is 6.42 Å². The fourth-order valence-electron chi connectivity index (χ4n) is 1.96. The molecule has 2 rings (SSSR count). The van der Waals surface area contributed by atoms with Crippen LogP contribution in [0.25, 0.3) is 10.2 Å². The molecule has 0 spiro atoms. The van der Waals surface area contributed by atoms with Crippen LogP contribution in [0.2, 0.25) is 5.15 Å². The highest BCUT2D eigenvalue weighted by Crippen LogP contribution is 2.31. The Labute approximate surface area is 123 Å². The molecule has 104 valence electrons. The molecule has 0 amide bonds. The Morgan fingerprint density at radius 1 is 1.26 bits per heavy atom. The van der Waals surface area contributed by atoms with Crippen molar-refractivity contribution in [2.24, 2.45) is 0 Å². The van der Waals surface area contributed by atoms with Crippen molar-refractivity contribution in [3.8, 4) is 0 Å². The maximum atomic E-state index is 6.28. The smallest absolute Gasteiger partial charge is 0.227 e. The Balaban J connectivity index is 2.31. The van der Waals surface area contributed by atoms with Crippen molar-refractivity contribution in [1.82, 2.24) is 9.97 Å². The van der Waals surface area contributed by atoms with E-state index < -0.39 is 0 Å². The first-order valence-electron chi connectivity index (χ1n) is 6.82. The summed E-state index contributed by atoms with van der Waals surface area (Å²) in [5, 5.41) is 1.56. The Morgan fingerprint density at radius 3 is 2.74 bits per heavy atom. The van der Waals surface area contributed by atoms with Crippen molar-refractivity contribution >= 4 is 39.1 Å². The van der Waals surface area contributed by atoms with Crippen LogP contribution in [0.15, 0.2) is 6.07 Å². The molecular weight excluding hydrogens is 278 g/mol. The molecule has 5 heteroatoms. The molecule has 2 aromatic rings. The van der Waals surface area contributed by atoms with Crippen LogP contribution in [0.3, 0.4) is 0 Å². The molecule has 0 saturated heterocycles. The van der Waals surface area contributed by atoms with Gasteiger partial charge in [-0.2, -0.15) is 0 Å². The van der Waals surface area contributed by atoms with Crippen molar-refractivity contribution < 1.29 is 0 Å². The van der Waals surface area contributed by atoms with Gasteiger partial charge in [0.2, 0.25) is 5.95 Å². The average Bonchev–Trinajstić information content (AvgIpc) is 2.79. The monoisotopic (exact) mass is 297 g/mol. The first-order valence-corrected chi connectivity index (χ1v) is 8.02. The average molecular weight is 298 g/mol. The lowest BCUT2D eigenvalue weighted by Gasteiger charge is -2.16. The molecule has 0 fully saturated rings. The molecule has 0 saturated carbocycles. The third kappa shape index (κ3) is 3.37. The summed E-state index contributed by atoms with van der Waals surface area (Å²) >= 11 is 8.01. The van der Waals surface area contributed by atoms with Gasteiger partial charge in [-0.3, -0.25) is 0 Å². The van der Waals surface area contributed by atoms with Crippen LogP contribution < -0.4 is 4.90 Å². The van der Waals surface area contributed by atoms with Gasteiger partial charge in [-0.1, -0.05) is 38.3 Å². The number of nitrogens with zero attached hydrogens (tertiary/aromatic N) is 3. The summed E-state index contributed by atoms with van der Waals surface area (Å²) in [7, 11) is 2.02. The molecule has 0 aliphatic rings. The van der Waals surface area contributed by atoms with Gasteiger partial charge < -0.3 is 4.90 Å². The molecule has 0 aromatic carbocycles. The highest BCUT2D eigenvalue weighted by molar-refractivity contribution is 7.18. The van der Waals surface area contributed by atoms with Crippen LogP contribution in [-0.4, -0.2) is 23.6 Å². The fraction of sp³-hybridized carbons (Fsp3) is 0.571. The number of hydrogen-bond acceptors (Lipinski definition) is 4. The van der Waals surface area contributed by atoms with E-state index in [9.17, 15) is 0 Å². The summed E-state index contributed by atoms with van der Waals surface area (Å²) in [6.07, 6.45) is 4.53. The van der Waals surface area contributed by atoms with E-state index in [0.717, 1.165) is 42.0 Å². The molecular formula is C14H20ClN3S. The van der Waals surface area contributed by atoms with Crippen molar-refractivity contribution in [1.29, 1.82) is 0 Å². The van der Waals surface area contributed by atoms with Gasteiger partial charge in [-0.05, 0) is 18.9 Å². The number of anilines is 1. The fourth-order valence-corrected chi connectivity index (χ4v) is 3.36. The number of hydrogen-bond donors (Lipinski definition) is 0. The number of rotatable bonds is 6. The van der Waals surface area contributed by atoms with E-state index in [1.807, 2.05) is 7.05 Å². The van der Waals surface area contributed by atoms with Crippen LogP contribution in [0.4, 0.5) is 5.95 Å². The third-order valence-electron chi connectivity index (χ3n) is 3.07. The van der Waals surface area contributed by atoms with E-state index in [2.05, 4.69) is 34.8 Å². The molecule has 0 N–H and O–H groups in total. The zero-order chi connectivity index (χ0) is 13.8. The first kappa shape index (κ1) is 14.5. The van der Waals surface area contributed by atoms with Crippen LogP contribution in [0.1, 0.15) is 38.0 Å². The highest BCUT2D eigenvalue weighted by atomic mass is 35.5. The number of fused-ring (bicyclic) bond motifs is 1. The summed E-state index contributed by atoms with van der Waals surface area (Å²) in [5.41, 5.74) is 0. The molecule has 0 aliphatic carbocycles. The van der Waals surface area contributed by atoms with Gasteiger partial charge in [-0.15, -0.1) is 11.3 Å². The van der Waals surface area contributed by atoms with Gasteiger partial charge >= 0.3 is 0 Å². The van der Waals surface area contributed by atoms with Crippen molar-refractivity contribution in [2.75, 3.05) is 18.5 Å². The lowest BCUT2D eigenvalue weighted by molar-refractivity contribution is 0.752. The Bertz CT molecular complexity index is 553. The zero-order valence-electron chi connectivity index (χ0n) is 11.7. The molecule has 0 atom stereocenters. The van der Waals surface area contributed by atoms with E-state index in [-0.39, 0.29) is 0 Å². The number of aromatic nitrogens is 2. The molecule has 2 heterocycles. The van der Waals surface area contributed by atoms with Crippen molar-refractivity contribution in [2.45, 2.75) is 39.5 Å². The minimum absolute atomic E-state index is 0.571. The molecule has 3 nitrogen and oxygen atoms in total. The summed E-state index contributed by atoms with van der Waals surface area (Å²) in [5.74, 6) is 0.732. The predicted molar refractivity (Wildman–Crippen MR) is 84.6 cm³/mol. The van der Waals surface area contributed by atoms with Crippen LogP contribution >= 0.6 is 22.9 Å². The van der Waals surface area contributed by atoms with E-state index in [4.69, 9.17) is 11.6 Å². The third-order valence-corrected chi connectivity index (χ3v) is 4.45. The first-order chi connectivity index (χ1) is 9.15. The second-order valence-corrected chi connectivity index (χ2v) is 6.24. The lowest BCUT2D eigenvalue weighted by Crippen LogP contribution is -2.20. The molecule has 19 heavy (non-hydrogen) atoms. The number of halogens is 1. The Morgan fingerprint density at radius 2 is 2.05 bits per heavy atom. The van der Waals surface area contributed by atoms with Crippen molar-refractivity contribution in [3.05, 3.63) is 16.1 Å². The molecule has 2 aromatic heterocycles. The quantitative estimate of drug-likeness (QED) is 0.733. The lowest BCUT2D eigenvalue weighted by atomic mass is 10.2. The minimum Gasteiger partial charge on any atom is -0.344 e. The topological polar surface area (TPSA) is 29.0 Å². The van der Waals surface area contributed by atoms with Gasteiger partial charge in [0.1, 0.15) is 9.98 Å². The molecule has 0 aliphatic heterocycles. The molecule has 0 unspecified atom stereocenters.